The number of anilines is 1. The average Bonchev–Trinajstić information content (AvgIpc) is 3.02. The van der Waals surface area contributed by atoms with Crippen molar-refractivity contribution in [2.75, 3.05) is 45.2 Å². The van der Waals surface area contributed by atoms with Crippen molar-refractivity contribution in [3.05, 3.63) is 24.0 Å². The van der Waals surface area contributed by atoms with Crippen molar-refractivity contribution in [2.24, 2.45) is 0 Å². The number of nitrogens with zero attached hydrogens (tertiary/aromatic N) is 2. The van der Waals surface area contributed by atoms with Crippen molar-refractivity contribution in [1.29, 1.82) is 0 Å². The number of hydrogen-bond donors (Lipinski definition) is 0. The van der Waals surface area contributed by atoms with Gasteiger partial charge in [0.15, 0.2) is 11.3 Å². The molecule has 4 heteroatoms. The maximum absolute atomic E-state index is 6.27. The van der Waals surface area contributed by atoms with E-state index < -0.39 is 0 Å². The zero-order chi connectivity index (χ0) is 16.4. The van der Waals surface area contributed by atoms with E-state index in [1.165, 1.54) is 23.9 Å². The highest BCUT2D eigenvalue weighted by molar-refractivity contribution is 5.95. The predicted octanol–water partition coefficient (Wildman–Crippen LogP) is 4.10. The van der Waals surface area contributed by atoms with Crippen LogP contribution in [0.4, 0.5) is 5.69 Å². The standard InChI is InChI=1S/C19H28N2O2/c1-5-21(6-2)16-7-8-17(22-4)19-15(16)13-18(23-19)14-9-11-20(3)12-10-14/h7-8,13-14H,5-6,9-12H2,1-4H3. The SMILES string of the molecule is CCN(CC)c1ccc(OC)c2oc(C3CCN(C)CC3)cc12. The third-order valence-electron chi connectivity index (χ3n) is 5.09. The number of ether oxygens (including phenoxy) is 1. The molecule has 1 aromatic carbocycles. The summed E-state index contributed by atoms with van der Waals surface area (Å²) in [6, 6.07) is 6.43. The Kier molecular flexibility index (Phi) is 4.81. The van der Waals surface area contributed by atoms with Crippen LogP contribution in [0.25, 0.3) is 11.0 Å². The largest absolute Gasteiger partial charge is 0.493 e. The summed E-state index contributed by atoms with van der Waals surface area (Å²) in [4.78, 5) is 4.76. The van der Waals surface area contributed by atoms with Crippen LogP contribution in [0.15, 0.2) is 22.6 Å². The Labute approximate surface area is 139 Å². The minimum atomic E-state index is 0.521. The number of hydrogen-bond acceptors (Lipinski definition) is 4. The van der Waals surface area contributed by atoms with Crippen LogP contribution in [-0.4, -0.2) is 45.2 Å². The minimum absolute atomic E-state index is 0.521. The Hall–Kier alpha value is -1.68. The van der Waals surface area contributed by atoms with Gasteiger partial charge < -0.3 is 19.0 Å². The second-order valence-electron chi connectivity index (χ2n) is 6.43. The fourth-order valence-electron chi connectivity index (χ4n) is 3.60. The molecule has 2 heterocycles. The zero-order valence-corrected chi connectivity index (χ0v) is 14.8. The molecule has 1 aromatic heterocycles. The zero-order valence-electron chi connectivity index (χ0n) is 14.8. The fourth-order valence-corrected chi connectivity index (χ4v) is 3.60. The summed E-state index contributed by atoms with van der Waals surface area (Å²) >= 11 is 0. The van der Waals surface area contributed by atoms with Crippen LogP contribution >= 0.6 is 0 Å². The maximum Gasteiger partial charge on any atom is 0.178 e. The molecule has 0 unspecified atom stereocenters. The van der Waals surface area contributed by atoms with Gasteiger partial charge in [-0.05, 0) is 65.0 Å². The van der Waals surface area contributed by atoms with Crippen molar-refractivity contribution in [3.8, 4) is 5.75 Å². The van der Waals surface area contributed by atoms with Crippen molar-refractivity contribution < 1.29 is 9.15 Å². The lowest BCUT2D eigenvalue weighted by Gasteiger charge is -2.27. The lowest BCUT2D eigenvalue weighted by molar-refractivity contribution is 0.242. The Bertz CT molecular complexity index is 653. The van der Waals surface area contributed by atoms with E-state index in [0.29, 0.717) is 5.92 Å². The van der Waals surface area contributed by atoms with E-state index in [1.54, 1.807) is 7.11 Å². The molecule has 0 aliphatic carbocycles. The lowest BCUT2D eigenvalue weighted by atomic mass is 9.94. The molecular weight excluding hydrogens is 288 g/mol. The molecular formula is C19H28N2O2. The molecule has 0 radical (unpaired) electrons. The van der Waals surface area contributed by atoms with Gasteiger partial charge in [-0.25, -0.2) is 0 Å². The Morgan fingerprint density at radius 1 is 1.22 bits per heavy atom. The molecule has 0 amide bonds. The van der Waals surface area contributed by atoms with Crippen LogP contribution in [0.5, 0.6) is 5.75 Å². The van der Waals surface area contributed by atoms with Crippen LogP contribution in [0.3, 0.4) is 0 Å². The number of furan rings is 1. The molecule has 1 aliphatic rings. The van der Waals surface area contributed by atoms with Gasteiger partial charge in [0.2, 0.25) is 0 Å². The van der Waals surface area contributed by atoms with E-state index in [9.17, 15) is 0 Å². The third kappa shape index (κ3) is 3.05. The minimum Gasteiger partial charge on any atom is -0.493 e. The maximum atomic E-state index is 6.27. The summed E-state index contributed by atoms with van der Waals surface area (Å²) in [6.45, 7) is 8.65. The summed E-state index contributed by atoms with van der Waals surface area (Å²) in [6.07, 6.45) is 2.33. The molecule has 0 N–H and O–H groups in total. The third-order valence-corrected chi connectivity index (χ3v) is 5.09. The topological polar surface area (TPSA) is 28.9 Å². The summed E-state index contributed by atoms with van der Waals surface area (Å²) < 4.78 is 11.8. The van der Waals surface area contributed by atoms with Gasteiger partial charge >= 0.3 is 0 Å². The monoisotopic (exact) mass is 316 g/mol. The van der Waals surface area contributed by atoms with Gasteiger partial charge in [0.25, 0.3) is 0 Å². The molecule has 126 valence electrons. The van der Waals surface area contributed by atoms with Crippen LogP contribution in [-0.2, 0) is 0 Å². The van der Waals surface area contributed by atoms with Crippen LogP contribution in [0.2, 0.25) is 0 Å². The van der Waals surface area contributed by atoms with Gasteiger partial charge in [-0.1, -0.05) is 0 Å². The molecule has 0 saturated carbocycles. The van der Waals surface area contributed by atoms with Gasteiger partial charge in [0.1, 0.15) is 5.76 Å². The van der Waals surface area contributed by atoms with Crippen molar-refractivity contribution >= 4 is 16.7 Å². The molecule has 1 fully saturated rings. The normalized spacial score (nSPS) is 16.9. The number of fused-ring (bicyclic) bond motifs is 1. The van der Waals surface area contributed by atoms with Gasteiger partial charge in [0.05, 0.1) is 7.11 Å². The predicted molar refractivity (Wildman–Crippen MR) is 95.8 cm³/mol. The Morgan fingerprint density at radius 3 is 2.52 bits per heavy atom. The molecule has 1 saturated heterocycles. The Morgan fingerprint density at radius 2 is 1.91 bits per heavy atom. The van der Waals surface area contributed by atoms with Crippen LogP contribution < -0.4 is 9.64 Å². The molecule has 0 spiro atoms. The molecule has 0 atom stereocenters. The summed E-state index contributed by atoms with van der Waals surface area (Å²) in [5.74, 6) is 2.47. The fraction of sp³-hybridized carbons (Fsp3) is 0.579. The van der Waals surface area contributed by atoms with E-state index in [0.717, 1.165) is 43.3 Å². The van der Waals surface area contributed by atoms with E-state index in [1.807, 2.05) is 6.07 Å². The quantitative estimate of drug-likeness (QED) is 0.830. The highest BCUT2D eigenvalue weighted by atomic mass is 16.5. The number of benzene rings is 1. The van der Waals surface area contributed by atoms with Gasteiger partial charge in [-0.15, -0.1) is 0 Å². The van der Waals surface area contributed by atoms with E-state index >= 15 is 0 Å². The summed E-state index contributed by atoms with van der Waals surface area (Å²) in [5.41, 5.74) is 2.14. The molecule has 4 nitrogen and oxygen atoms in total. The molecule has 2 aromatic rings. The van der Waals surface area contributed by atoms with Crippen molar-refractivity contribution in [2.45, 2.75) is 32.6 Å². The van der Waals surface area contributed by atoms with E-state index in [-0.39, 0.29) is 0 Å². The van der Waals surface area contributed by atoms with Crippen molar-refractivity contribution in [1.82, 2.24) is 4.90 Å². The summed E-state index contributed by atoms with van der Waals surface area (Å²) in [5, 5.41) is 1.18. The van der Waals surface area contributed by atoms with Crippen LogP contribution in [0, 0.1) is 0 Å². The first-order valence-corrected chi connectivity index (χ1v) is 8.71. The highest BCUT2D eigenvalue weighted by Crippen LogP contribution is 2.40. The lowest BCUT2D eigenvalue weighted by Crippen LogP contribution is -2.29. The number of rotatable bonds is 5. The van der Waals surface area contributed by atoms with Gasteiger partial charge in [-0.3, -0.25) is 0 Å². The first kappa shape index (κ1) is 16.2. The number of piperidine rings is 1. The van der Waals surface area contributed by atoms with Gasteiger partial charge in [-0.2, -0.15) is 0 Å². The average molecular weight is 316 g/mol. The van der Waals surface area contributed by atoms with Crippen LogP contribution in [0.1, 0.15) is 38.4 Å². The summed E-state index contributed by atoms with van der Waals surface area (Å²) in [7, 11) is 3.90. The smallest absolute Gasteiger partial charge is 0.178 e. The van der Waals surface area contributed by atoms with Gasteiger partial charge in [0, 0.05) is 30.1 Å². The second kappa shape index (κ2) is 6.83. The second-order valence-corrected chi connectivity index (χ2v) is 6.43. The van der Waals surface area contributed by atoms with E-state index in [4.69, 9.17) is 9.15 Å². The number of likely N-dealkylation sites (tertiary alicyclic amines) is 1. The molecule has 23 heavy (non-hydrogen) atoms. The highest BCUT2D eigenvalue weighted by Gasteiger charge is 2.24. The molecule has 0 bridgehead atoms. The van der Waals surface area contributed by atoms with Crippen molar-refractivity contribution in [3.63, 3.8) is 0 Å². The first-order chi connectivity index (χ1) is 11.2. The molecule has 3 rings (SSSR count). The van der Waals surface area contributed by atoms with E-state index in [2.05, 4.69) is 42.8 Å². The Balaban J connectivity index is 2.03. The first-order valence-electron chi connectivity index (χ1n) is 8.71. The molecule has 1 aliphatic heterocycles. The number of methoxy groups -OCH3 is 1.